The summed E-state index contributed by atoms with van der Waals surface area (Å²) in [5.41, 5.74) is -0.0305. The highest BCUT2D eigenvalue weighted by Gasteiger charge is 2.64. The Bertz CT molecular complexity index is 859. The lowest BCUT2D eigenvalue weighted by Gasteiger charge is -2.68. The lowest BCUT2D eigenvalue weighted by Crippen LogP contribution is -2.73. The van der Waals surface area contributed by atoms with E-state index in [2.05, 4.69) is 53.0 Å². The van der Waals surface area contributed by atoms with Gasteiger partial charge in [0.05, 0.1) is 25.2 Å². The highest BCUT2D eigenvalue weighted by Crippen LogP contribution is 2.62. The number of hydrogen-bond donors (Lipinski definition) is 4. The van der Waals surface area contributed by atoms with E-state index in [1.54, 1.807) is 0 Å². The Morgan fingerprint density at radius 1 is 1.03 bits per heavy atom. The van der Waals surface area contributed by atoms with Crippen LogP contribution in [0.25, 0.3) is 0 Å². The third-order valence-corrected chi connectivity index (χ3v) is 8.27. The number of ether oxygens (including phenoxy) is 1. The number of carboxylic acid groups (broad SMARTS) is 2. The van der Waals surface area contributed by atoms with Gasteiger partial charge in [-0.15, -0.1) is 0 Å². The first-order chi connectivity index (χ1) is 17.0. The second kappa shape index (κ2) is 12.9. The standard InChI is InChI=1S/C24H41NO4.C4H6O4/c1-8-20(28)29-16-11-18-19(27)17-21(2,3)24(13-15-26,23(18,6)7)25-14-10-9-12-22(25,4)5;5-3(6)1-2-4(7)8/h8,26-27H,1,9-17H2,2-7H3;1-2H2,(H,5,6)(H,7,8). The largest absolute Gasteiger partial charge is 0.512 e. The van der Waals surface area contributed by atoms with Gasteiger partial charge in [-0.2, -0.15) is 0 Å². The van der Waals surface area contributed by atoms with Gasteiger partial charge >= 0.3 is 17.9 Å². The molecule has 0 saturated carbocycles. The number of aliphatic hydroxyl groups is 2. The molecule has 1 heterocycles. The zero-order valence-electron chi connectivity index (χ0n) is 23.4. The SMILES string of the molecule is C=CC(=O)OCCC1=C(O)CC(C)(C)C(CCO)(N2CCCCC2(C)C)C1(C)C.O=C(O)CCC(=O)O. The number of hydrogen-bond acceptors (Lipinski definition) is 7. The van der Waals surface area contributed by atoms with Gasteiger partial charge < -0.3 is 25.2 Å². The van der Waals surface area contributed by atoms with Gasteiger partial charge in [0.25, 0.3) is 0 Å². The van der Waals surface area contributed by atoms with Crippen LogP contribution in [-0.4, -0.2) is 74.1 Å². The quantitative estimate of drug-likeness (QED) is 0.236. The number of carbonyl (C=O) groups excluding carboxylic acids is 1. The summed E-state index contributed by atoms with van der Waals surface area (Å²) < 4.78 is 5.24. The number of allylic oxidation sites excluding steroid dienone is 1. The monoisotopic (exact) mass is 525 g/mol. The molecular weight excluding hydrogens is 478 g/mol. The number of nitrogens with zero attached hydrogens (tertiary/aromatic N) is 1. The van der Waals surface area contributed by atoms with Crippen LogP contribution in [0.5, 0.6) is 0 Å². The van der Waals surface area contributed by atoms with Gasteiger partial charge in [0, 0.05) is 42.0 Å². The molecule has 9 heteroatoms. The second-order valence-corrected chi connectivity index (χ2v) is 11.8. The maximum absolute atomic E-state index is 11.5. The first kappa shape index (κ1) is 32.6. The molecule has 1 unspecified atom stereocenters. The maximum atomic E-state index is 11.5. The van der Waals surface area contributed by atoms with Gasteiger partial charge in [0.1, 0.15) is 0 Å². The minimum Gasteiger partial charge on any atom is -0.512 e. The van der Waals surface area contributed by atoms with E-state index in [9.17, 15) is 24.6 Å². The Labute approximate surface area is 221 Å². The van der Waals surface area contributed by atoms with Crippen LogP contribution in [-0.2, 0) is 19.1 Å². The van der Waals surface area contributed by atoms with E-state index in [1.807, 2.05) is 0 Å². The third kappa shape index (κ3) is 7.35. The number of carbonyl (C=O) groups is 3. The minimum atomic E-state index is -1.08. The molecule has 0 aromatic heterocycles. The first-order valence-electron chi connectivity index (χ1n) is 13.0. The van der Waals surface area contributed by atoms with Crippen LogP contribution < -0.4 is 0 Å². The van der Waals surface area contributed by atoms with Crippen molar-refractivity contribution in [2.75, 3.05) is 19.8 Å². The van der Waals surface area contributed by atoms with Crippen molar-refractivity contribution in [1.82, 2.24) is 4.90 Å². The average molecular weight is 526 g/mol. The Kier molecular flexibility index (Phi) is 11.4. The van der Waals surface area contributed by atoms with Crippen LogP contribution in [0.3, 0.4) is 0 Å². The van der Waals surface area contributed by atoms with E-state index >= 15 is 0 Å². The number of likely N-dealkylation sites (tertiary alicyclic amines) is 1. The van der Waals surface area contributed by atoms with Crippen LogP contribution >= 0.6 is 0 Å². The molecule has 2 aliphatic rings. The summed E-state index contributed by atoms with van der Waals surface area (Å²) in [6.45, 7) is 18.2. The van der Waals surface area contributed by atoms with Crippen molar-refractivity contribution in [3.63, 3.8) is 0 Å². The van der Waals surface area contributed by atoms with Crippen LogP contribution in [0.15, 0.2) is 24.0 Å². The van der Waals surface area contributed by atoms with Crippen LogP contribution in [0.1, 0.15) is 92.9 Å². The zero-order valence-corrected chi connectivity index (χ0v) is 23.4. The van der Waals surface area contributed by atoms with Gasteiger partial charge in [0.2, 0.25) is 0 Å². The third-order valence-electron chi connectivity index (χ3n) is 8.27. The first-order valence-corrected chi connectivity index (χ1v) is 13.0. The summed E-state index contributed by atoms with van der Waals surface area (Å²) in [5, 5.41) is 37.0. The number of aliphatic hydroxyl groups excluding tert-OH is 2. The van der Waals surface area contributed by atoms with Crippen molar-refractivity contribution in [3.05, 3.63) is 24.0 Å². The Morgan fingerprint density at radius 3 is 2.05 bits per heavy atom. The predicted octanol–water partition coefficient (Wildman–Crippen LogP) is 4.70. The molecule has 212 valence electrons. The lowest BCUT2D eigenvalue weighted by molar-refractivity contribution is -0.165. The zero-order chi connectivity index (χ0) is 28.7. The molecule has 0 amide bonds. The summed E-state index contributed by atoms with van der Waals surface area (Å²) >= 11 is 0. The Balaban J connectivity index is 0.000000738. The molecule has 1 aliphatic carbocycles. The molecule has 1 atom stereocenters. The fourth-order valence-electron chi connectivity index (χ4n) is 6.73. The molecular formula is C28H47NO8. The summed E-state index contributed by atoms with van der Waals surface area (Å²) in [6.07, 6.45) is 5.72. The van der Waals surface area contributed by atoms with Crippen molar-refractivity contribution in [2.24, 2.45) is 10.8 Å². The Morgan fingerprint density at radius 2 is 1.59 bits per heavy atom. The average Bonchev–Trinajstić information content (AvgIpc) is 2.77. The summed E-state index contributed by atoms with van der Waals surface area (Å²) in [6, 6.07) is 0. The summed E-state index contributed by atoms with van der Waals surface area (Å²) in [7, 11) is 0. The molecule has 0 radical (unpaired) electrons. The maximum Gasteiger partial charge on any atom is 0.330 e. The van der Waals surface area contributed by atoms with E-state index in [0.29, 0.717) is 25.0 Å². The van der Waals surface area contributed by atoms with Crippen LogP contribution in [0.4, 0.5) is 0 Å². The van der Waals surface area contributed by atoms with Crippen LogP contribution in [0, 0.1) is 10.8 Å². The topological polar surface area (TPSA) is 145 Å². The highest BCUT2D eigenvalue weighted by molar-refractivity contribution is 5.81. The second-order valence-electron chi connectivity index (χ2n) is 11.8. The minimum absolute atomic E-state index is 0.00926. The lowest BCUT2D eigenvalue weighted by atomic mass is 9.48. The van der Waals surface area contributed by atoms with Crippen molar-refractivity contribution >= 4 is 17.9 Å². The van der Waals surface area contributed by atoms with E-state index < -0.39 is 23.3 Å². The number of carboxylic acids is 2. The van der Waals surface area contributed by atoms with E-state index in [0.717, 1.165) is 31.0 Å². The number of aliphatic carboxylic acids is 2. The normalized spacial score (nSPS) is 24.4. The molecule has 4 N–H and O–H groups in total. The van der Waals surface area contributed by atoms with Gasteiger partial charge in [-0.1, -0.05) is 40.7 Å². The molecule has 0 aromatic carbocycles. The molecule has 0 aromatic rings. The highest BCUT2D eigenvalue weighted by atomic mass is 16.5. The van der Waals surface area contributed by atoms with Crippen molar-refractivity contribution in [2.45, 2.75) is 104 Å². The molecule has 37 heavy (non-hydrogen) atoms. The predicted molar refractivity (Wildman–Crippen MR) is 141 cm³/mol. The summed E-state index contributed by atoms with van der Waals surface area (Å²) in [4.78, 5) is 33.4. The summed E-state index contributed by atoms with van der Waals surface area (Å²) in [5.74, 6) is -2.20. The number of rotatable bonds is 10. The molecule has 1 fully saturated rings. The fourth-order valence-corrected chi connectivity index (χ4v) is 6.73. The molecule has 0 spiro atoms. The molecule has 0 bridgehead atoms. The number of piperidine rings is 1. The molecule has 9 nitrogen and oxygen atoms in total. The smallest absolute Gasteiger partial charge is 0.330 e. The van der Waals surface area contributed by atoms with E-state index in [1.165, 1.54) is 6.42 Å². The molecule has 2 rings (SSSR count). The van der Waals surface area contributed by atoms with Crippen molar-refractivity contribution in [1.29, 1.82) is 0 Å². The van der Waals surface area contributed by atoms with E-state index in [4.69, 9.17) is 14.9 Å². The van der Waals surface area contributed by atoms with Gasteiger partial charge in [0.15, 0.2) is 0 Å². The Hall–Kier alpha value is -2.39. The van der Waals surface area contributed by atoms with Gasteiger partial charge in [-0.25, -0.2) is 4.79 Å². The number of esters is 1. The van der Waals surface area contributed by atoms with Gasteiger partial charge in [-0.3, -0.25) is 14.5 Å². The van der Waals surface area contributed by atoms with Crippen LogP contribution in [0.2, 0.25) is 0 Å². The van der Waals surface area contributed by atoms with Crippen molar-refractivity contribution in [3.8, 4) is 0 Å². The van der Waals surface area contributed by atoms with E-state index in [-0.39, 0.29) is 42.5 Å². The molecule has 1 saturated heterocycles. The molecule has 1 aliphatic heterocycles. The fraction of sp³-hybridized carbons (Fsp3) is 0.750. The van der Waals surface area contributed by atoms with Crippen molar-refractivity contribution < 1.29 is 39.5 Å². The van der Waals surface area contributed by atoms with Gasteiger partial charge in [-0.05, 0) is 50.6 Å².